The number of thiazole rings is 1. The third kappa shape index (κ3) is 3.86. The first-order valence-corrected chi connectivity index (χ1v) is 6.98. The minimum absolute atomic E-state index is 0.0420. The Bertz CT molecular complexity index is 477. The summed E-state index contributed by atoms with van der Waals surface area (Å²) in [6, 6.07) is 0. The molecule has 1 rings (SSSR count). The summed E-state index contributed by atoms with van der Waals surface area (Å²) in [6.07, 6.45) is 2.19. The molecule has 7 nitrogen and oxygen atoms in total. The number of carboxylic acid groups (broad SMARTS) is 1. The number of anilines is 1. The first kappa shape index (κ1) is 14.7. The lowest BCUT2D eigenvalue weighted by atomic mass is 10.3. The third-order valence-electron chi connectivity index (χ3n) is 1.52. The van der Waals surface area contributed by atoms with Crippen molar-refractivity contribution in [3.8, 4) is 0 Å². The number of aromatic nitrogens is 1. The molecule has 1 amide bonds. The summed E-state index contributed by atoms with van der Waals surface area (Å²) in [7, 11) is 0. The van der Waals surface area contributed by atoms with Crippen LogP contribution in [0.3, 0.4) is 0 Å². The Labute approximate surface area is 115 Å². The molecule has 10 heteroatoms. The molecule has 0 spiro atoms. The lowest BCUT2D eigenvalue weighted by Crippen LogP contribution is -2.16. The van der Waals surface area contributed by atoms with Crippen molar-refractivity contribution >= 4 is 57.9 Å². The summed E-state index contributed by atoms with van der Waals surface area (Å²) in [4.78, 5) is 29.9. The van der Waals surface area contributed by atoms with Gasteiger partial charge in [-0.25, -0.2) is 9.78 Å². The van der Waals surface area contributed by atoms with Crippen molar-refractivity contribution in [2.24, 2.45) is 5.16 Å². The van der Waals surface area contributed by atoms with Crippen molar-refractivity contribution in [2.75, 3.05) is 17.5 Å². The van der Waals surface area contributed by atoms with E-state index in [4.69, 9.17) is 21.5 Å². The van der Waals surface area contributed by atoms with E-state index in [0.717, 1.165) is 11.3 Å². The Kier molecular flexibility index (Phi) is 5.89. The van der Waals surface area contributed by atoms with Crippen LogP contribution in [-0.4, -0.2) is 40.4 Å². The second-order valence-electron chi connectivity index (χ2n) is 2.68. The molecule has 0 saturated carbocycles. The molecule has 0 aromatic carbocycles. The molecule has 1 aromatic heterocycles. The minimum atomic E-state index is -1.32. The van der Waals surface area contributed by atoms with Crippen LogP contribution in [0.15, 0.2) is 5.16 Å². The Hall–Kier alpha value is -1.32. The molecule has 98 valence electrons. The molecule has 0 saturated heterocycles. The maximum atomic E-state index is 11.0. The Morgan fingerprint density at radius 2 is 2.50 bits per heavy atom. The number of nitrogens with one attached hydrogen (secondary N) is 1. The van der Waals surface area contributed by atoms with E-state index in [2.05, 4.69) is 15.5 Å². The van der Waals surface area contributed by atoms with E-state index in [1.165, 1.54) is 11.8 Å². The summed E-state index contributed by atoms with van der Waals surface area (Å²) in [5.74, 6) is -1.11. The van der Waals surface area contributed by atoms with Gasteiger partial charge in [0, 0.05) is 0 Å². The van der Waals surface area contributed by atoms with Gasteiger partial charge >= 0.3 is 5.97 Å². The van der Waals surface area contributed by atoms with Crippen molar-refractivity contribution < 1.29 is 19.5 Å². The zero-order valence-corrected chi connectivity index (χ0v) is 11.4. The lowest BCUT2D eigenvalue weighted by molar-refractivity contribution is -0.129. The topological polar surface area (TPSA) is 101 Å². The molecule has 1 heterocycles. The van der Waals surface area contributed by atoms with Gasteiger partial charge in [0.2, 0.25) is 12.1 Å². The SMILES string of the molecule is CSCO/N=C(\C(=O)O)c1nc(NC=O)sc1Cl. The van der Waals surface area contributed by atoms with Crippen LogP contribution in [0, 0.1) is 0 Å². The van der Waals surface area contributed by atoms with E-state index < -0.39 is 11.7 Å². The van der Waals surface area contributed by atoms with Gasteiger partial charge in [0.15, 0.2) is 11.1 Å². The average Bonchev–Trinajstić information content (AvgIpc) is 2.66. The standard InChI is InChI=1S/C8H8ClN3O4S2/c1-17-3-16-12-5(7(14)15)4-6(9)18-8(11-4)10-2-13/h2H,3H2,1H3,(H,14,15)(H,10,11,13)/b12-5-. The molecular formula is C8H8ClN3O4S2. The van der Waals surface area contributed by atoms with Crippen molar-refractivity contribution in [2.45, 2.75) is 0 Å². The van der Waals surface area contributed by atoms with Gasteiger partial charge < -0.3 is 15.3 Å². The van der Waals surface area contributed by atoms with Crippen LogP contribution in [0.5, 0.6) is 0 Å². The zero-order chi connectivity index (χ0) is 13.5. The lowest BCUT2D eigenvalue weighted by Gasteiger charge is -1.99. The Morgan fingerprint density at radius 3 is 3.06 bits per heavy atom. The number of aliphatic carboxylic acids is 1. The first-order valence-electron chi connectivity index (χ1n) is 4.39. The van der Waals surface area contributed by atoms with Gasteiger partial charge in [0.1, 0.15) is 10.0 Å². The summed E-state index contributed by atoms with van der Waals surface area (Å²) in [6.45, 7) is 0. The number of amides is 1. The van der Waals surface area contributed by atoms with Gasteiger partial charge in [0.05, 0.1) is 0 Å². The summed E-state index contributed by atoms with van der Waals surface area (Å²) in [5, 5.41) is 14.9. The van der Waals surface area contributed by atoms with Crippen LogP contribution in [0.4, 0.5) is 5.13 Å². The normalized spacial score (nSPS) is 11.1. The monoisotopic (exact) mass is 309 g/mol. The van der Waals surface area contributed by atoms with Crippen LogP contribution >= 0.6 is 34.7 Å². The van der Waals surface area contributed by atoms with Crippen molar-refractivity contribution in [1.82, 2.24) is 4.98 Å². The molecule has 0 fully saturated rings. The van der Waals surface area contributed by atoms with Crippen molar-refractivity contribution in [1.29, 1.82) is 0 Å². The van der Waals surface area contributed by atoms with E-state index in [1.54, 1.807) is 6.26 Å². The number of carboxylic acids is 1. The van der Waals surface area contributed by atoms with Crippen LogP contribution in [0.2, 0.25) is 4.34 Å². The number of nitrogens with zero attached hydrogens (tertiary/aromatic N) is 2. The number of rotatable bonds is 7. The van der Waals surface area contributed by atoms with Crippen molar-refractivity contribution in [3.05, 3.63) is 10.0 Å². The summed E-state index contributed by atoms with van der Waals surface area (Å²) >= 11 is 8.09. The molecule has 0 atom stereocenters. The number of thioether (sulfide) groups is 1. The average molecular weight is 310 g/mol. The number of carbonyl (C=O) groups excluding carboxylic acids is 1. The number of hydrogen-bond donors (Lipinski definition) is 2. The summed E-state index contributed by atoms with van der Waals surface area (Å²) in [5.41, 5.74) is -0.455. The van der Waals surface area contributed by atoms with Gasteiger partial charge in [0.25, 0.3) is 0 Å². The first-order chi connectivity index (χ1) is 8.60. The van der Waals surface area contributed by atoms with Gasteiger partial charge in [-0.05, 0) is 6.26 Å². The predicted molar refractivity (Wildman–Crippen MR) is 70.5 cm³/mol. The van der Waals surface area contributed by atoms with Gasteiger partial charge in [-0.2, -0.15) is 0 Å². The maximum Gasteiger partial charge on any atom is 0.360 e. The highest BCUT2D eigenvalue weighted by Gasteiger charge is 2.22. The molecule has 0 aliphatic heterocycles. The van der Waals surface area contributed by atoms with E-state index in [0.29, 0.717) is 6.41 Å². The molecule has 2 N–H and O–H groups in total. The van der Waals surface area contributed by atoms with E-state index in [1.807, 2.05) is 0 Å². The highest BCUT2D eigenvalue weighted by Crippen LogP contribution is 2.28. The number of carbonyl (C=O) groups is 2. The number of oxime groups is 1. The fourth-order valence-electron chi connectivity index (χ4n) is 0.887. The van der Waals surface area contributed by atoms with Gasteiger partial charge in [-0.3, -0.25) is 4.79 Å². The number of halogens is 1. The fraction of sp³-hybridized carbons (Fsp3) is 0.250. The molecule has 0 aliphatic rings. The molecule has 0 unspecified atom stereocenters. The van der Waals surface area contributed by atoms with E-state index in [9.17, 15) is 9.59 Å². The van der Waals surface area contributed by atoms with Crippen LogP contribution in [0.1, 0.15) is 5.69 Å². The maximum absolute atomic E-state index is 11.0. The third-order valence-corrected chi connectivity index (χ3v) is 3.05. The van der Waals surface area contributed by atoms with Gasteiger partial charge in [-0.15, -0.1) is 11.8 Å². The fourth-order valence-corrected chi connectivity index (χ4v) is 2.05. The minimum Gasteiger partial charge on any atom is -0.476 e. The molecule has 0 radical (unpaired) electrons. The largest absolute Gasteiger partial charge is 0.476 e. The van der Waals surface area contributed by atoms with Crippen LogP contribution in [0.25, 0.3) is 0 Å². The molecule has 1 aromatic rings. The molecular weight excluding hydrogens is 302 g/mol. The molecule has 0 bridgehead atoms. The second kappa shape index (κ2) is 7.19. The van der Waals surface area contributed by atoms with Crippen molar-refractivity contribution in [3.63, 3.8) is 0 Å². The summed E-state index contributed by atoms with van der Waals surface area (Å²) < 4.78 is 0.105. The second-order valence-corrected chi connectivity index (χ2v) is 5.10. The Balaban J connectivity index is 3.01. The smallest absolute Gasteiger partial charge is 0.360 e. The van der Waals surface area contributed by atoms with Gasteiger partial charge in [-0.1, -0.05) is 28.1 Å². The molecule has 0 aliphatic carbocycles. The molecule has 18 heavy (non-hydrogen) atoms. The predicted octanol–water partition coefficient (Wildman–Crippen LogP) is 1.49. The van der Waals surface area contributed by atoms with Crippen LogP contribution < -0.4 is 5.32 Å². The van der Waals surface area contributed by atoms with E-state index in [-0.39, 0.29) is 21.1 Å². The number of hydrogen-bond acceptors (Lipinski definition) is 7. The van der Waals surface area contributed by atoms with E-state index >= 15 is 0 Å². The highest BCUT2D eigenvalue weighted by atomic mass is 35.5. The zero-order valence-electron chi connectivity index (χ0n) is 9.05. The quantitative estimate of drug-likeness (QED) is 0.260. The van der Waals surface area contributed by atoms with Crippen LogP contribution in [-0.2, 0) is 14.4 Å². The highest BCUT2D eigenvalue weighted by molar-refractivity contribution is 7.98. The Morgan fingerprint density at radius 1 is 1.78 bits per heavy atom.